The average molecular weight is 378 g/mol. The van der Waals surface area contributed by atoms with Crippen LogP contribution in [0, 0.1) is 6.92 Å². The number of aryl methyl sites for hydroxylation is 1. The number of carbonyl (C=O) groups is 1. The third-order valence-corrected chi connectivity index (χ3v) is 4.63. The van der Waals surface area contributed by atoms with Gasteiger partial charge in [-0.2, -0.15) is 0 Å². The first kappa shape index (κ1) is 20.0. The maximum atomic E-state index is 12.4. The fourth-order valence-electron chi connectivity index (χ4n) is 2.48. The molecule has 0 saturated carbocycles. The fourth-order valence-corrected chi connectivity index (χ4v) is 3.08. The van der Waals surface area contributed by atoms with Gasteiger partial charge < -0.3 is 19.7 Å². The first-order valence-corrected chi connectivity index (χ1v) is 9.45. The number of hydrogen-bond acceptors (Lipinski definition) is 5. The molecule has 1 heterocycles. The molecule has 2 rings (SSSR count). The normalized spacial score (nSPS) is 12.0. The predicted octanol–water partition coefficient (Wildman–Crippen LogP) is 4.15. The van der Waals surface area contributed by atoms with Crippen molar-refractivity contribution in [2.45, 2.75) is 46.4 Å². The lowest BCUT2D eigenvalue weighted by Crippen LogP contribution is -2.38. The fraction of sp³-hybridized carbons (Fsp3) is 0.474. The van der Waals surface area contributed by atoms with E-state index in [1.807, 2.05) is 51.3 Å². The predicted molar refractivity (Wildman–Crippen MR) is 104 cm³/mol. The lowest BCUT2D eigenvalue weighted by Gasteiger charge is -2.22. The molecule has 1 aromatic carbocycles. The van der Waals surface area contributed by atoms with E-state index in [1.54, 1.807) is 30.4 Å². The number of carbonyl (C=O) groups excluding carboxylic acids is 1. The number of amides is 2. The lowest BCUT2D eigenvalue weighted by atomic mass is 10.1. The summed E-state index contributed by atoms with van der Waals surface area (Å²) in [5.41, 5.74) is 1.85. The quantitative estimate of drug-likeness (QED) is 0.787. The first-order valence-electron chi connectivity index (χ1n) is 8.57. The number of benzene rings is 1. The van der Waals surface area contributed by atoms with Gasteiger partial charge in [0.15, 0.2) is 11.5 Å². The van der Waals surface area contributed by atoms with Gasteiger partial charge in [-0.15, -0.1) is 11.3 Å². The summed E-state index contributed by atoms with van der Waals surface area (Å²) in [7, 11) is 3.37. The number of rotatable bonds is 7. The molecule has 0 radical (unpaired) electrons. The van der Waals surface area contributed by atoms with E-state index >= 15 is 0 Å². The molecule has 0 bridgehead atoms. The van der Waals surface area contributed by atoms with Crippen LogP contribution in [0.5, 0.6) is 11.5 Å². The van der Waals surface area contributed by atoms with Crippen LogP contribution in [-0.4, -0.2) is 36.2 Å². The van der Waals surface area contributed by atoms with E-state index in [2.05, 4.69) is 10.3 Å². The largest absolute Gasteiger partial charge is 0.493 e. The minimum atomic E-state index is -0.163. The molecule has 0 fully saturated rings. The van der Waals surface area contributed by atoms with Gasteiger partial charge in [-0.1, -0.05) is 6.07 Å². The van der Waals surface area contributed by atoms with Gasteiger partial charge in [-0.25, -0.2) is 9.78 Å². The molecule has 7 heteroatoms. The average Bonchev–Trinajstić information content (AvgIpc) is 2.99. The maximum absolute atomic E-state index is 12.4. The lowest BCUT2D eigenvalue weighted by molar-refractivity contribution is 0.203. The Hall–Kier alpha value is -2.28. The highest BCUT2D eigenvalue weighted by Crippen LogP contribution is 2.31. The van der Waals surface area contributed by atoms with Gasteiger partial charge in [0.2, 0.25) is 0 Å². The van der Waals surface area contributed by atoms with Crippen LogP contribution in [0.1, 0.15) is 43.1 Å². The summed E-state index contributed by atoms with van der Waals surface area (Å²) < 4.78 is 11.1. The Labute approximate surface area is 159 Å². The Morgan fingerprint density at radius 2 is 2.04 bits per heavy atom. The van der Waals surface area contributed by atoms with E-state index in [1.165, 1.54) is 0 Å². The molecular formula is C19H27N3O3S. The summed E-state index contributed by atoms with van der Waals surface area (Å²) in [5, 5.41) is 5.97. The highest BCUT2D eigenvalue weighted by molar-refractivity contribution is 7.09. The minimum Gasteiger partial charge on any atom is -0.493 e. The zero-order valence-corrected chi connectivity index (χ0v) is 17.0. The van der Waals surface area contributed by atoms with Crippen molar-refractivity contribution in [2.75, 3.05) is 14.2 Å². The van der Waals surface area contributed by atoms with Crippen molar-refractivity contribution in [3.8, 4) is 11.5 Å². The number of methoxy groups -OCH3 is 1. The van der Waals surface area contributed by atoms with Crippen molar-refractivity contribution < 1.29 is 14.3 Å². The molecule has 0 aliphatic carbocycles. The van der Waals surface area contributed by atoms with Crippen LogP contribution in [0.3, 0.4) is 0 Å². The van der Waals surface area contributed by atoms with E-state index < -0.39 is 0 Å². The second kappa shape index (κ2) is 8.89. The molecule has 2 amide bonds. The standard InChI is InChI=1S/C19H27N3O3S/c1-12(2)25-17-8-7-15(9-18(17)24-6)13(3)20-19(23)22(5)10-16-11-26-14(4)21-16/h7-9,11-13H,10H2,1-6H3,(H,20,23). The van der Waals surface area contributed by atoms with Crippen LogP contribution in [-0.2, 0) is 6.54 Å². The molecule has 0 spiro atoms. The summed E-state index contributed by atoms with van der Waals surface area (Å²) in [6.45, 7) is 8.31. The molecule has 1 aromatic heterocycles. The summed E-state index contributed by atoms with van der Waals surface area (Å²) >= 11 is 1.58. The summed E-state index contributed by atoms with van der Waals surface area (Å²) in [6, 6.07) is 5.40. The molecule has 1 atom stereocenters. The Morgan fingerprint density at radius 3 is 2.62 bits per heavy atom. The van der Waals surface area contributed by atoms with Crippen LogP contribution >= 0.6 is 11.3 Å². The van der Waals surface area contributed by atoms with Crippen molar-refractivity contribution in [2.24, 2.45) is 0 Å². The van der Waals surface area contributed by atoms with E-state index in [4.69, 9.17) is 9.47 Å². The van der Waals surface area contributed by atoms with Crippen molar-refractivity contribution in [1.29, 1.82) is 0 Å². The number of hydrogen-bond donors (Lipinski definition) is 1. The third-order valence-electron chi connectivity index (χ3n) is 3.80. The van der Waals surface area contributed by atoms with Crippen LogP contribution in [0.2, 0.25) is 0 Å². The van der Waals surface area contributed by atoms with Crippen molar-refractivity contribution in [3.63, 3.8) is 0 Å². The molecule has 6 nitrogen and oxygen atoms in total. The zero-order valence-electron chi connectivity index (χ0n) is 16.2. The molecule has 2 aromatic rings. The highest BCUT2D eigenvalue weighted by Gasteiger charge is 2.16. The van der Waals surface area contributed by atoms with Crippen LogP contribution in [0.25, 0.3) is 0 Å². The Kier molecular flexibility index (Phi) is 6.85. The van der Waals surface area contributed by atoms with Crippen LogP contribution in [0.4, 0.5) is 4.79 Å². The second-order valence-electron chi connectivity index (χ2n) is 6.46. The Balaban J connectivity index is 2.01. The molecule has 0 aliphatic rings. The number of aromatic nitrogens is 1. The zero-order chi connectivity index (χ0) is 19.3. The second-order valence-corrected chi connectivity index (χ2v) is 7.52. The number of urea groups is 1. The summed E-state index contributed by atoms with van der Waals surface area (Å²) in [4.78, 5) is 18.5. The maximum Gasteiger partial charge on any atom is 0.317 e. The van der Waals surface area contributed by atoms with Gasteiger partial charge in [0.25, 0.3) is 0 Å². The highest BCUT2D eigenvalue weighted by atomic mass is 32.1. The topological polar surface area (TPSA) is 63.7 Å². The molecule has 142 valence electrons. The van der Waals surface area contributed by atoms with E-state index in [0.29, 0.717) is 18.0 Å². The van der Waals surface area contributed by atoms with Gasteiger partial charge in [0.05, 0.1) is 36.5 Å². The SMILES string of the molecule is COc1cc(C(C)NC(=O)N(C)Cc2csc(C)n2)ccc1OC(C)C. The monoisotopic (exact) mass is 377 g/mol. The Bertz CT molecular complexity index is 745. The number of nitrogens with zero attached hydrogens (tertiary/aromatic N) is 2. The van der Waals surface area contributed by atoms with Crippen LogP contribution < -0.4 is 14.8 Å². The molecular weight excluding hydrogens is 350 g/mol. The Morgan fingerprint density at radius 1 is 1.31 bits per heavy atom. The molecule has 1 unspecified atom stereocenters. The molecule has 1 N–H and O–H groups in total. The van der Waals surface area contributed by atoms with Crippen molar-refractivity contribution in [1.82, 2.24) is 15.2 Å². The third kappa shape index (κ3) is 5.36. The van der Waals surface area contributed by atoms with Gasteiger partial charge >= 0.3 is 6.03 Å². The summed E-state index contributed by atoms with van der Waals surface area (Å²) in [6.07, 6.45) is 0.0647. The summed E-state index contributed by atoms with van der Waals surface area (Å²) in [5.74, 6) is 1.35. The van der Waals surface area contributed by atoms with E-state index in [0.717, 1.165) is 16.3 Å². The molecule has 26 heavy (non-hydrogen) atoms. The first-order chi connectivity index (χ1) is 12.3. The van der Waals surface area contributed by atoms with Gasteiger partial charge in [0, 0.05) is 12.4 Å². The molecule has 0 aliphatic heterocycles. The van der Waals surface area contributed by atoms with Crippen molar-refractivity contribution in [3.05, 3.63) is 39.8 Å². The van der Waals surface area contributed by atoms with E-state index in [9.17, 15) is 4.79 Å². The van der Waals surface area contributed by atoms with Crippen LogP contribution in [0.15, 0.2) is 23.6 Å². The number of thiazole rings is 1. The smallest absolute Gasteiger partial charge is 0.317 e. The van der Waals surface area contributed by atoms with Crippen molar-refractivity contribution >= 4 is 17.4 Å². The molecule has 0 saturated heterocycles. The number of ether oxygens (including phenoxy) is 2. The van der Waals surface area contributed by atoms with Gasteiger partial charge in [-0.3, -0.25) is 0 Å². The van der Waals surface area contributed by atoms with Gasteiger partial charge in [0.1, 0.15) is 0 Å². The number of nitrogens with one attached hydrogen (secondary N) is 1. The minimum absolute atomic E-state index is 0.0647. The van der Waals surface area contributed by atoms with E-state index in [-0.39, 0.29) is 18.2 Å². The van der Waals surface area contributed by atoms with Gasteiger partial charge in [-0.05, 0) is 45.4 Å².